The standard InChI is InChI=1S/C19H30N4O2S/c1-3-21-19(22-13-12-16-8-5-4-6-9-16)23-15-17-10-7-11-18(14-17)26(24,25)20-2/h7-8,10-11,14,20H,3-6,9,12-13,15H2,1-2H3,(H2,21,22,23). The number of nitrogens with one attached hydrogen (secondary N) is 3. The molecule has 0 radical (unpaired) electrons. The van der Waals surface area contributed by atoms with Crippen molar-refractivity contribution in [2.24, 2.45) is 4.99 Å². The van der Waals surface area contributed by atoms with Crippen LogP contribution in [0, 0.1) is 0 Å². The van der Waals surface area contributed by atoms with Gasteiger partial charge in [0.1, 0.15) is 0 Å². The van der Waals surface area contributed by atoms with Crippen molar-refractivity contribution >= 4 is 16.0 Å². The van der Waals surface area contributed by atoms with E-state index in [1.54, 1.807) is 18.2 Å². The number of benzene rings is 1. The number of nitrogens with zero attached hydrogens (tertiary/aromatic N) is 1. The predicted molar refractivity (Wildman–Crippen MR) is 107 cm³/mol. The fourth-order valence-corrected chi connectivity index (χ4v) is 3.71. The van der Waals surface area contributed by atoms with Crippen LogP contribution in [0.3, 0.4) is 0 Å². The number of aliphatic imine (C=N–C) groups is 1. The monoisotopic (exact) mass is 378 g/mol. The molecule has 0 amide bonds. The quantitative estimate of drug-likeness (QED) is 0.369. The molecular formula is C19H30N4O2S. The SMILES string of the molecule is CCNC(=NCc1cccc(S(=O)(=O)NC)c1)NCCC1=CCCCC1. The molecule has 1 aromatic carbocycles. The van der Waals surface area contributed by atoms with E-state index < -0.39 is 10.0 Å². The van der Waals surface area contributed by atoms with Crippen molar-refractivity contribution < 1.29 is 8.42 Å². The molecule has 0 heterocycles. The highest BCUT2D eigenvalue weighted by Gasteiger charge is 2.11. The zero-order valence-corrected chi connectivity index (χ0v) is 16.5. The minimum absolute atomic E-state index is 0.259. The van der Waals surface area contributed by atoms with E-state index in [1.807, 2.05) is 13.0 Å². The van der Waals surface area contributed by atoms with Gasteiger partial charge in [-0.2, -0.15) is 0 Å². The number of guanidine groups is 1. The third-order valence-electron chi connectivity index (χ3n) is 4.37. The summed E-state index contributed by atoms with van der Waals surface area (Å²) < 4.78 is 26.2. The van der Waals surface area contributed by atoms with Gasteiger partial charge in [-0.05, 0) is 63.8 Å². The summed E-state index contributed by atoms with van der Waals surface area (Å²) in [5.74, 6) is 0.755. The molecule has 0 spiro atoms. The third-order valence-corrected chi connectivity index (χ3v) is 5.78. The predicted octanol–water partition coefficient (Wildman–Crippen LogP) is 2.54. The summed E-state index contributed by atoms with van der Waals surface area (Å²) in [5.41, 5.74) is 2.39. The molecule has 3 N–H and O–H groups in total. The van der Waals surface area contributed by atoms with Gasteiger partial charge >= 0.3 is 0 Å². The first-order valence-electron chi connectivity index (χ1n) is 9.27. The summed E-state index contributed by atoms with van der Waals surface area (Å²) in [6.07, 6.45) is 8.43. The van der Waals surface area contributed by atoms with Crippen LogP contribution in [0.2, 0.25) is 0 Å². The fraction of sp³-hybridized carbons (Fsp3) is 0.526. The van der Waals surface area contributed by atoms with Crippen molar-refractivity contribution in [2.45, 2.75) is 50.5 Å². The van der Waals surface area contributed by atoms with Crippen molar-refractivity contribution in [3.63, 3.8) is 0 Å². The Morgan fingerprint density at radius 1 is 1.23 bits per heavy atom. The van der Waals surface area contributed by atoms with Crippen LogP contribution in [0.1, 0.15) is 44.6 Å². The second-order valence-corrected chi connectivity index (χ2v) is 8.22. The second-order valence-electron chi connectivity index (χ2n) is 6.34. The van der Waals surface area contributed by atoms with Crippen molar-refractivity contribution in [1.82, 2.24) is 15.4 Å². The van der Waals surface area contributed by atoms with Gasteiger partial charge in [-0.15, -0.1) is 0 Å². The van der Waals surface area contributed by atoms with Crippen LogP contribution in [0.5, 0.6) is 0 Å². The van der Waals surface area contributed by atoms with Crippen LogP contribution in [-0.4, -0.2) is 34.5 Å². The van der Waals surface area contributed by atoms with Gasteiger partial charge < -0.3 is 10.6 Å². The first-order chi connectivity index (χ1) is 12.5. The first-order valence-corrected chi connectivity index (χ1v) is 10.8. The fourth-order valence-electron chi connectivity index (χ4n) is 2.91. The van der Waals surface area contributed by atoms with E-state index in [4.69, 9.17) is 0 Å². The number of hydrogen-bond acceptors (Lipinski definition) is 3. The molecule has 26 heavy (non-hydrogen) atoms. The van der Waals surface area contributed by atoms with Gasteiger partial charge in [0.2, 0.25) is 10.0 Å². The molecule has 6 nitrogen and oxygen atoms in total. The molecule has 1 aliphatic carbocycles. The lowest BCUT2D eigenvalue weighted by molar-refractivity contribution is 0.588. The molecule has 0 aromatic heterocycles. The molecular weight excluding hydrogens is 348 g/mol. The second kappa shape index (κ2) is 10.3. The van der Waals surface area contributed by atoms with E-state index in [0.717, 1.165) is 31.0 Å². The van der Waals surface area contributed by atoms with Crippen LogP contribution in [0.25, 0.3) is 0 Å². The summed E-state index contributed by atoms with van der Waals surface area (Å²) in [6, 6.07) is 6.87. The molecule has 0 saturated carbocycles. The molecule has 0 aliphatic heterocycles. The summed E-state index contributed by atoms with van der Waals surface area (Å²) >= 11 is 0. The molecule has 0 fully saturated rings. The number of sulfonamides is 1. The highest BCUT2D eigenvalue weighted by Crippen LogP contribution is 2.19. The number of allylic oxidation sites excluding steroid dienone is 1. The maximum Gasteiger partial charge on any atom is 0.240 e. The van der Waals surface area contributed by atoms with Gasteiger partial charge in [0.25, 0.3) is 0 Å². The van der Waals surface area contributed by atoms with Gasteiger partial charge in [0.15, 0.2) is 5.96 Å². The molecule has 0 atom stereocenters. The van der Waals surface area contributed by atoms with Crippen molar-refractivity contribution in [2.75, 3.05) is 20.1 Å². The Hall–Kier alpha value is -1.86. The van der Waals surface area contributed by atoms with Crippen LogP contribution in [0.4, 0.5) is 0 Å². The minimum Gasteiger partial charge on any atom is -0.357 e. The highest BCUT2D eigenvalue weighted by atomic mass is 32.2. The number of rotatable bonds is 8. The van der Waals surface area contributed by atoms with E-state index in [0.29, 0.717) is 6.54 Å². The smallest absolute Gasteiger partial charge is 0.240 e. The highest BCUT2D eigenvalue weighted by molar-refractivity contribution is 7.89. The normalized spacial score (nSPS) is 15.5. The van der Waals surface area contributed by atoms with Crippen molar-refractivity contribution in [1.29, 1.82) is 0 Å². The maximum atomic E-state index is 11.9. The largest absolute Gasteiger partial charge is 0.357 e. The zero-order chi connectivity index (χ0) is 18.8. The zero-order valence-electron chi connectivity index (χ0n) is 15.7. The average Bonchev–Trinajstić information content (AvgIpc) is 2.67. The van der Waals surface area contributed by atoms with Gasteiger partial charge in [0.05, 0.1) is 11.4 Å². The Morgan fingerprint density at radius 3 is 2.77 bits per heavy atom. The van der Waals surface area contributed by atoms with E-state index in [9.17, 15) is 8.42 Å². The summed E-state index contributed by atoms with van der Waals surface area (Å²) in [4.78, 5) is 4.83. The molecule has 0 unspecified atom stereocenters. The minimum atomic E-state index is -3.43. The Kier molecular flexibility index (Phi) is 8.12. The molecule has 2 rings (SSSR count). The van der Waals surface area contributed by atoms with Crippen molar-refractivity contribution in [3.05, 3.63) is 41.5 Å². The molecule has 144 valence electrons. The lowest BCUT2D eigenvalue weighted by Crippen LogP contribution is -2.37. The van der Waals surface area contributed by atoms with Crippen LogP contribution in [0.15, 0.2) is 45.8 Å². The average molecular weight is 379 g/mol. The Labute approximate surface area is 157 Å². The summed E-state index contributed by atoms with van der Waals surface area (Å²) in [5, 5.41) is 6.60. The molecule has 1 aliphatic rings. The molecule has 0 saturated heterocycles. The Bertz CT molecular complexity index is 742. The lowest BCUT2D eigenvalue weighted by Gasteiger charge is -2.15. The van der Waals surface area contributed by atoms with Crippen molar-refractivity contribution in [3.8, 4) is 0 Å². The molecule has 7 heteroatoms. The van der Waals surface area contributed by atoms with Crippen LogP contribution in [-0.2, 0) is 16.6 Å². The van der Waals surface area contributed by atoms with Gasteiger partial charge in [-0.1, -0.05) is 23.8 Å². The van der Waals surface area contributed by atoms with E-state index in [-0.39, 0.29) is 4.90 Å². The third kappa shape index (κ3) is 6.46. The van der Waals surface area contributed by atoms with Crippen LogP contribution >= 0.6 is 0 Å². The summed E-state index contributed by atoms with van der Waals surface area (Å²) in [7, 11) is -2.02. The first kappa shape index (κ1) is 20.5. The Morgan fingerprint density at radius 2 is 2.08 bits per heavy atom. The van der Waals surface area contributed by atoms with E-state index in [1.165, 1.54) is 38.3 Å². The molecule has 1 aromatic rings. The Balaban J connectivity index is 1.95. The summed E-state index contributed by atoms with van der Waals surface area (Å²) in [6.45, 7) is 4.08. The van der Waals surface area contributed by atoms with Gasteiger partial charge in [0, 0.05) is 13.1 Å². The topological polar surface area (TPSA) is 82.6 Å². The molecule has 0 bridgehead atoms. The maximum absolute atomic E-state index is 11.9. The number of hydrogen-bond donors (Lipinski definition) is 3. The van der Waals surface area contributed by atoms with E-state index >= 15 is 0 Å². The van der Waals surface area contributed by atoms with Crippen LogP contribution < -0.4 is 15.4 Å². The van der Waals surface area contributed by atoms with Gasteiger partial charge in [-0.25, -0.2) is 18.1 Å². The van der Waals surface area contributed by atoms with E-state index in [2.05, 4.69) is 26.4 Å². The van der Waals surface area contributed by atoms with Gasteiger partial charge in [-0.3, -0.25) is 0 Å². The lowest BCUT2D eigenvalue weighted by atomic mass is 9.97.